The fraction of sp³-hybridized carbons (Fsp3) is 0.389. The van der Waals surface area contributed by atoms with Gasteiger partial charge in [0.05, 0.1) is 18.8 Å². The number of nitrogens with two attached hydrogens (primary N) is 1. The lowest BCUT2D eigenvalue weighted by molar-refractivity contribution is -0.117. The molecule has 0 unspecified atom stereocenters. The fourth-order valence-corrected chi connectivity index (χ4v) is 3.37. The molecule has 8 heteroatoms. The molecule has 0 spiro atoms. The lowest BCUT2D eigenvalue weighted by Gasteiger charge is -2.16. The Morgan fingerprint density at radius 1 is 1.27 bits per heavy atom. The van der Waals surface area contributed by atoms with E-state index in [1.807, 2.05) is 51.1 Å². The normalized spacial score (nSPS) is 12.0. The van der Waals surface area contributed by atoms with Crippen molar-refractivity contribution in [1.82, 2.24) is 4.98 Å². The van der Waals surface area contributed by atoms with Crippen molar-refractivity contribution in [2.24, 2.45) is 5.73 Å². The SMILES string of the molecule is COC(=O)c1sc(NC(=O)[C@@H](N)Cc2ccccc2)nc1C(C)(C)C.Cl. The largest absolute Gasteiger partial charge is 0.465 e. The molecule has 1 amide bonds. The smallest absolute Gasteiger partial charge is 0.350 e. The first-order valence-corrected chi connectivity index (χ1v) is 8.74. The van der Waals surface area contributed by atoms with Crippen molar-refractivity contribution < 1.29 is 14.3 Å². The molecule has 2 aromatic rings. The summed E-state index contributed by atoms with van der Waals surface area (Å²) in [6.45, 7) is 5.84. The third-order valence-corrected chi connectivity index (χ3v) is 4.52. The summed E-state index contributed by atoms with van der Waals surface area (Å²) < 4.78 is 4.81. The zero-order valence-electron chi connectivity index (χ0n) is 15.2. The number of amides is 1. The molecule has 0 saturated carbocycles. The van der Waals surface area contributed by atoms with Crippen LogP contribution in [0.2, 0.25) is 0 Å². The van der Waals surface area contributed by atoms with E-state index in [-0.39, 0.29) is 23.7 Å². The average Bonchev–Trinajstić information content (AvgIpc) is 2.99. The van der Waals surface area contributed by atoms with Gasteiger partial charge in [-0.25, -0.2) is 9.78 Å². The van der Waals surface area contributed by atoms with Crippen LogP contribution >= 0.6 is 23.7 Å². The second kappa shape index (κ2) is 9.12. The Bertz CT molecular complexity index is 757. The summed E-state index contributed by atoms with van der Waals surface area (Å²) >= 11 is 1.10. The van der Waals surface area contributed by atoms with Crippen LogP contribution in [0, 0.1) is 0 Å². The first-order valence-electron chi connectivity index (χ1n) is 7.92. The van der Waals surface area contributed by atoms with Crippen LogP contribution in [0.4, 0.5) is 5.13 Å². The van der Waals surface area contributed by atoms with Crippen LogP contribution in [-0.2, 0) is 21.4 Å². The highest BCUT2D eigenvalue weighted by Crippen LogP contribution is 2.32. The first kappa shape index (κ1) is 22.1. The number of aromatic nitrogens is 1. The third kappa shape index (κ3) is 5.52. The van der Waals surface area contributed by atoms with E-state index in [0.717, 1.165) is 16.9 Å². The van der Waals surface area contributed by atoms with Crippen molar-refractivity contribution in [3.63, 3.8) is 0 Å². The highest BCUT2D eigenvalue weighted by molar-refractivity contribution is 7.17. The van der Waals surface area contributed by atoms with Crippen molar-refractivity contribution in [2.45, 2.75) is 38.6 Å². The lowest BCUT2D eigenvalue weighted by atomic mass is 9.91. The van der Waals surface area contributed by atoms with Crippen LogP contribution in [0.25, 0.3) is 0 Å². The summed E-state index contributed by atoms with van der Waals surface area (Å²) in [7, 11) is 1.32. The predicted octanol–water partition coefficient (Wildman–Crippen LogP) is 3.16. The van der Waals surface area contributed by atoms with Crippen LogP contribution in [0.15, 0.2) is 30.3 Å². The molecule has 0 aliphatic rings. The van der Waals surface area contributed by atoms with Gasteiger partial charge in [0.2, 0.25) is 5.91 Å². The molecule has 26 heavy (non-hydrogen) atoms. The van der Waals surface area contributed by atoms with Gasteiger partial charge in [0.25, 0.3) is 0 Å². The molecule has 1 aromatic carbocycles. The van der Waals surface area contributed by atoms with Crippen LogP contribution in [0.1, 0.15) is 41.7 Å². The summed E-state index contributed by atoms with van der Waals surface area (Å²) in [5, 5.41) is 3.06. The number of halogens is 1. The fourth-order valence-electron chi connectivity index (χ4n) is 2.27. The van der Waals surface area contributed by atoms with E-state index in [0.29, 0.717) is 22.1 Å². The van der Waals surface area contributed by atoms with Gasteiger partial charge in [0, 0.05) is 5.41 Å². The molecular weight excluding hydrogens is 374 g/mol. The zero-order valence-corrected chi connectivity index (χ0v) is 16.9. The molecule has 0 bridgehead atoms. The number of nitrogens with one attached hydrogen (secondary N) is 1. The van der Waals surface area contributed by atoms with Crippen molar-refractivity contribution in [1.29, 1.82) is 0 Å². The van der Waals surface area contributed by atoms with Gasteiger partial charge in [0.1, 0.15) is 4.88 Å². The Morgan fingerprint density at radius 3 is 2.42 bits per heavy atom. The van der Waals surface area contributed by atoms with Gasteiger partial charge in [-0.2, -0.15) is 0 Å². The predicted molar refractivity (Wildman–Crippen MR) is 106 cm³/mol. The van der Waals surface area contributed by atoms with Gasteiger partial charge < -0.3 is 15.8 Å². The summed E-state index contributed by atoms with van der Waals surface area (Å²) in [5.74, 6) is -0.800. The molecule has 1 atom stereocenters. The lowest BCUT2D eigenvalue weighted by Crippen LogP contribution is -2.37. The monoisotopic (exact) mass is 397 g/mol. The number of hydrogen-bond donors (Lipinski definition) is 2. The van der Waals surface area contributed by atoms with Gasteiger partial charge in [-0.3, -0.25) is 4.79 Å². The minimum absolute atomic E-state index is 0. The zero-order chi connectivity index (χ0) is 18.6. The first-order chi connectivity index (χ1) is 11.7. The topological polar surface area (TPSA) is 94.3 Å². The van der Waals surface area contributed by atoms with Gasteiger partial charge >= 0.3 is 5.97 Å². The van der Waals surface area contributed by atoms with Crippen LogP contribution < -0.4 is 11.1 Å². The number of rotatable bonds is 5. The van der Waals surface area contributed by atoms with Gasteiger partial charge in [-0.05, 0) is 12.0 Å². The summed E-state index contributed by atoms with van der Waals surface area (Å²) in [6, 6.07) is 8.85. The molecule has 6 nitrogen and oxygen atoms in total. The van der Waals surface area contributed by atoms with Crippen LogP contribution in [-0.4, -0.2) is 30.0 Å². The molecule has 1 aromatic heterocycles. The quantitative estimate of drug-likeness (QED) is 0.755. The molecule has 1 heterocycles. The second-order valence-corrected chi connectivity index (χ2v) is 7.72. The van der Waals surface area contributed by atoms with Crippen LogP contribution in [0.5, 0.6) is 0 Å². The number of benzene rings is 1. The van der Waals surface area contributed by atoms with Crippen molar-refractivity contribution >= 4 is 40.8 Å². The molecule has 0 aliphatic heterocycles. The number of carbonyl (C=O) groups is 2. The standard InChI is InChI=1S/C18H23N3O3S.ClH/c1-18(2,3)14-13(16(23)24-4)25-17(20-14)21-15(22)12(19)10-11-8-6-5-7-9-11;/h5-9,12H,10,19H2,1-4H3,(H,20,21,22);1H/t12-;/m0./s1. The maximum absolute atomic E-state index is 12.3. The minimum Gasteiger partial charge on any atom is -0.465 e. The van der Waals surface area contributed by atoms with Crippen molar-refractivity contribution in [3.05, 3.63) is 46.5 Å². The molecule has 3 N–H and O–H groups in total. The molecule has 0 radical (unpaired) electrons. The Morgan fingerprint density at radius 2 is 1.88 bits per heavy atom. The number of nitrogens with zero attached hydrogens (tertiary/aromatic N) is 1. The van der Waals surface area contributed by atoms with E-state index in [1.54, 1.807) is 0 Å². The van der Waals surface area contributed by atoms with Gasteiger partial charge in [-0.1, -0.05) is 62.4 Å². The molecular formula is C18H24ClN3O3S. The summed E-state index contributed by atoms with van der Waals surface area (Å²) in [4.78, 5) is 29.1. The Hall–Kier alpha value is -1.96. The molecule has 0 saturated heterocycles. The van der Waals surface area contributed by atoms with Crippen molar-refractivity contribution in [3.8, 4) is 0 Å². The Balaban J connectivity index is 0.00000338. The van der Waals surface area contributed by atoms with Gasteiger partial charge in [0.15, 0.2) is 5.13 Å². The van der Waals surface area contributed by atoms with Crippen LogP contribution in [0.3, 0.4) is 0 Å². The van der Waals surface area contributed by atoms with E-state index < -0.39 is 12.0 Å². The summed E-state index contributed by atoms with van der Waals surface area (Å²) in [6.07, 6.45) is 0.425. The maximum Gasteiger partial charge on any atom is 0.350 e. The number of esters is 1. The minimum atomic E-state index is -0.703. The number of ether oxygens (including phenoxy) is 1. The number of hydrogen-bond acceptors (Lipinski definition) is 6. The molecule has 2 rings (SSSR count). The van der Waals surface area contributed by atoms with E-state index in [4.69, 9.17) is 10.5 Å². The highest BCUT2D eigenvalue weighted by Gasteiger charge is 2.28. The molecule has 142 valence electrons. The molecule has 0 aliphatic carbocycles. The van der Waals surface area contributed by atoms with E-state index in [1.165, 1.54) is 7.11 Å². The Labute approximate surface area is 163 Å². The number of thiazole rings is 1. The number of anilines is 1. The van der Waals surface area contributed by atoms with E-state index in [9.17, 15) is 9.59 Å². The number of carbonyl (C=O) groups excluding carboxylic acids is 2. The number of methoxy groups -OCH3 is 1. The highest BCUT2D eigenvalue weighted by atomic mass is 35.5. The average molecular weight is 398 g/mol. The summed E-state index contributed by atoms with van der Waals surface area (Å²) in [5.41, 5.74) is 7.21. The second-order valence-electron chi connectivity index (χ2n) is 6.72. The van der Waals surface area contributed by atoms with Crippen molar-refractivity contribution in [2.75, 3.05) is 12.4 Å². The van der Waals surface area contributed by atoms with E-state index >= 15 is 0 Å². The third-order valence-electron chi connectivity index (χ3n) is 3.57. The maximum atomic E-state index is 12.3. The van der Waals surface area contributed by atoms with E-state index in [2.05, 4.69) is 10.3 Å². The van der Waals surface area contributed by atoms with Gasteiger partial charge in [-0.15, -0.1) is 12.4 Å². The molecule has 0 fully saturated rings. The Kier molecular flexibility index (Phi) is 7.74.